The molecule has 1 heterocycles. The van der Waals surface area contributed by atoms with Gasteiger partial charge >= 0.3 is 0 Å². The van der Waals surface area contributed by atoms with Gasteiger partial charge < -0.3 is 5.32 Å². The third kappa shape index (κ3) is 2.58. The Kier molecular flexibility index (Phi) is 3.88. The van der Waals surface area contributed by atoms with Gasteiger partial charge in [-0.2, -0.15) is 8.75 Å². The number of nitrogens with one attached hydrogen (secondary N) is 1. The highest BCUT2D eigenvalue weighted by Crippen LogP contribution is 2.22. The molecular formula is C11H12ClN3S. The number of aromatic nitrogens is 2. The summed E-state index contributed by atoms with van der Waals surface area (Å²) in [5.41, 5.74) is 2.10. The molecule has 0 aliphatic carbocycles. The van der Waals surface area contributed by atoms with E-state index in [1.807, 2.05) is 24.3 Å². The summed E-state index contributed by atoms with van der Waals surface area (Å²) in [6.45, 7) is 2.95. The number of benzene rings is 1. The van der Waals surface area contributed by atoms with Gasteiger partial charge in [-0.05, 0) is 24.2 Å². The van der Waals surface area contributed by atoms with Gasteiger partial charge in [0.15, 0.2) is 0 Å². The Labute approximate surface area is 104 Å². The number of halogens is 1. The fourth-order valence-corrected chi connectivity index (χ4v) is 2.13. The molecule has 1 N–H and O–H groups in total. The molecule has 0 aliphatic rings. The molecule has 0 spiro atoms. The van der Waals surface area contributed by atoms with Gasteiger partial charge in [-0.25, -0.2) is 0 Å². The molecule has 3 nitrogen and oxygen atoms in total. The number of hydrogen-bond donors (Lipinski definition) is 1. The molecule has 0 amide bonds. The minimum atomic E-state index is 0.0982. The van der Waals surface area contributed by atoms with Crippen LogP contribution < -0.4 is 5.32 Å². The standard InChI is InChI=1S/C11H12ClN3S/c1-2-13-11(10-7-14-16-15-10)8-3-5-9(12)6-4-8/h3-7,11,13H,2H2,1H3. The van der Waals surface area contributed by atoms with Crippen molar-refractivity contribution < 1.29 is 0 Å². The second-order valence-corrected chi connectivity index (χ2v) is 4.37. The maximum atomic E-state index is 5.87. The van der Waals surface area contributed by atoms with Crippen molar-refractivity contribution in [3.63, 3.8) is 0 Å². The lowest BCUT2D eigenvalue weighted by Gasteiger charge is -2.15. The van der Waals surface area contributed by atoms with Crippen molar-refractivity contribution in [1.29, 1.82) is 0 Å². The Hall–Kier alpha value is -0.970. The predicted molar refractivity (Wildman–Crippen MR) is 66.9 cm³/mol. The Morgan fingerprint density at radius 1 is 1.38 bits per heavy atom. The van der Waals surface area contributed by atoms with Crippen molar-refractivity contribution in [1.82, 2.24) is 14.1 Å². The summed E-state index contributed by atoms with van der Waals surface area (Å²) in [6, 6.07) is 7.90. The zero-order valence-electron chi connectivity index (χ0n) is 8.85. The van der Waals surface area contributed by atoms with Gasteiger partial charge in [0.05, 0.1) is 29.7 Å². The quantitative estimate of drug-likeness (QED) is 0.911. The molecule has 1 unspecified atom stereocenters. The molecule has 1 aromatic heterocycles. The topological polar surface area (TPSA) is 37.8 Å². The van der Waals surface area contributed by atoms with Gasteiger partial charge in [0.25, 0.3) is 0 Å². The average molecular weight is 254 g/mol. The number of rotatable bonds is 4. The molecule has 1 atom stereocenters. The van der Waals surface area contributed by atoms with Crippen LogP contribution in [0, 0.1) is 0 Å². The monoisotopic (exact) mass is 253 g/mol. The fraction of sp³-hybridized carbons (Fsp3) is 0.273. The SMILES string of the molecule is CCNC(c1ccc(Cl)cc1)c1cnsn1. The first-order chi connectivity index (χ1) is 7.81. The van der Waals surface area contributed by atoms with E-state index in [0.717, 1.165) is 22.8 Å². The van der Waals surface area contributed by atoms with Gasteiger partial charge in [0.1, 0.15) is 0 Å². The lowest BCUT2D eigenvalue weighted by atomic mass is 10.0. The molecule has 0 aliphatic heterocycles. The van der Waals surface area contributed by atoms with E-state index in [0.29, 0.717) is 0 Å². The lowest BCUT2D eigenvalue weighted by Crippen LogP contribution is -2.22. The predicted octanol–water partition coefficient (Wildman–Crippen LogP) is 2.89. The van der Waals surface area contributed by atoms with E-state index in [1.165, 1.54) is 11.7 Å². The van der Waals surface area contributed by atoms with Gasteiger partial charge in [0.2, 0.25) is 0 Å². The Morgan fingerprint density at radius 2 is 2.12 bits per heavy atom. The first-order valence-electron chi connectivity index (χ1n) is 5.07. The van der Waals surface area contributed by atoms with Gasteiger partial charge in [-0.15, -0.1) is 0 Å². The molecule has 0 saturated heterocycles. The third-order valence-electron chi connectivity index (χ3n) is 2.29. The van der Waals surface area contributed by atoms with E-state index in [2.05, 4.69) is 21.0 Å². The van der Waals surface area contributed by atoms with E-state index in [-0.39, 0.29) is 6.04 Å². The van der Waals surface area contributed by atoms with Crippen molar-refractivity contribution >= 4 is 23.3 Å². The highest BCUT2D eigenvalue weighted by atomic mass is 35.5. The number of nitrogens with zero attached hydrogens (tertiary/aromatic N) is 2. The second kappa shape index (κ2) is 5.39. The smallest absolute Gasteiger partial charge is 0.0957 e. The van der Waals surface area contributed by atoms with E-state index in [1.54, 1.807) is 6.20 Å². The Balaban J connectivity index is 2.29. The van der Waals surface area contributed by atoms with Crippen LogP contribution in [0.4, 0.5) is 0 Å². The summed E-state index contributed by atoms with van der Waals surface area (Å²) >= 11 is 7.10. The van der Waals surface area contributed by atoms with E-state index in [9.17, 15) is 0 Å². The molecule has 16 heavy (non-hydrogen) atoms. The molecule has 0 radical (unpaired) electrons. The minimum Gasteiger partial charge on any atom is -0.305 e. The van der Waals surface area contributed by atoms with Gasteiger partial charge in [0, 0.05) is 5.02 Å². The van der Waals surface area contributed by atoms with Crippen LogP contribution in [0.3, 0.4) is 0 Å². The summed E-state index contributed by atoms with van der Waals surface area (Å²) in [7, 11) is 0. The summed E-state index contributed by atoms with van der Waals surface area (Å²) in [4.78, 5) is 0. The van der Waals surface area contributed by atoms with E-state index >= 15 is 0 Å². The van der Waals surface area contributed by atoms with Crippen LogP contribution in [0.5, 0.6) is 0 Å². The molecule has 0 saturated carbocycles. The highest BCUT2D eigenvalue weighted by Gasteiger charge is 2.15. The Bertz CT molecular complexity index is 427. The molecular weight excluding hydrogens is 242 g/mol. The van der Waals surface area contributed by atoms with Crippen molar-refractivity contribution in [2.45, 2.75) is 13.0 Å². The molecule has 0 fully saturated rings. The Morgan fingerprint density at radius 3 is 2.69 bits per heavy atom. The maximum absolute atomic E-state index is 5.87. The van der Waals surface area contributed by atoms with Crippen LogP contribution in [0.2, 0.25) is 5.02 Å². The fourth-order valence-electron chi connectivity index (χ4n) is 1.55. The van der Waals surface area contributed by atoms with E-state index in [4.69, 9.17) is 11.6 Å². The van der Waals surface area contributed by atoms with Crippen LogP contribution in [-0.2, 0) is 0 Å². The average Bonchev–Trinajstić information content (AvgIpc) is 2.81. The summed E-state index contributed by atoms with van der Waals surface area (Å²) in [6.07, 6.45) is 1.80. The van der Waals surface area contributed by atoms with Crippen molar-refractivity contribution in [2.75, 3.05) is 6.54 Å². The molecule has 5 heteroatoms. The van der Waals surface area contributed by atoms with E-state index < -0.39 is 0 Å². The summed E-state index contributed by atoms with van der Waals surface area (Å²) in [5.74, 6) is 0. The largest absolute Gasteiger partial charge is 0.305 e. The molecule has 84 valence electrons. The van der Waals surface area contributed by atoms with Crippen molar-refractivity contribution in [2.24, 2.45) is 0 Å². The van der Waals surface area contributed by atoms with Crippen LogP contribution in [-0.4, -0.2) is 15.3 Å². The summed E-state index contributed by atoms with van der Waals surface area (Å²) in [5, 5.41) is 4.13. The zero-order valence-corrected chi connectivity index (χ0v) is 10.4. The molecule has 0 bridgehead atoms. The highest BCUT2D eigenvalue weighted by molar-refractivity contribution is 6.99. The van der Waals surface area contributed by atoms with Gasteiger partial charge in [-0.1, -0.05) is 30.7 Å². The third-order valence-corrected chi connectivity index (χ3v) is 3.03. The summed E-state index contributed by atoms with van der Waals surface area (Å²) < 4.78 is 8.30. The second-order valence-electron chi connectivity index (χ2n) is 3.37. The maximum Gasteiger partial charge on any atom is 0.0957 e. The van der Waals surface area contributed by atoms with Gasteiger partial charge in [-0.3, -0.25) is 0 Å². The van der Waals surface area contributed by atoms with Crippen molar-refractivity contribution in [3.8, 4) is 0 Å². The first-order valence-corrected chi connectivity index (χ1v) is 6.18. The first kappa shape index (κ1) is 11.5. The number of hydrogen-bond acceptors (Lipinski definition) is 4. The molecule has 1 aromatic carbocycles. The normalized spacial score (nSPS) is 12.6. The van der Waals surface area contributed by atoms with Crippen LogP contribution >= 0.6 is 23.3 Å². The molecule has 2 rings (SSSR count). The lowest BCUT2D eigenvalue weighted by molar-refractivity contribution is 0.620. The van der Waals surface area contributed by atoms with Crippen molar-refractivity contribution in [3.05, 3.63) is 46.7 Å². The van der Waals surface area contributed by atoms with Crippen LogP contribution in [0.1, 0.15) is 24.2 Å². The van der Waals surface area contributed by atoms with Crippen LogP contribution in [0.15, 0.2) is 30.5 Å². The van der Waals surface area contributed by atoms with Crippen LogP contribution in [0.25, 0.3) is 0 Å². The zero-order chi connectivity index (χ0) is 11.4. The molecule has 2 aromatic rings. The minimum absolute atomic E-state index is 0.0982.